The second-order valence-electron chi connectivity index (χ2n) is 11.8. The van der Waals surface area contributed by atoms with Gasteiger partial charge in [-0.15, -0.1) is 0 Å². The highest BCUT2D eigenvalue weighted by Crippen LogP contribution is 2.40. The molecule has 3 saturated carbocycles. The smallest absolute Gasteiger partial charge is 0.226 e. The van der Waals surface area contributed by atoms with Crippen molar-refractivity contribution in [3.63, 3.8) is 0 Å². The van der Waals surface area contributed by atoms with Crippen LogP contribution >= 0.6 is 35.3 Å². The fourth-order valence-corrected chi connectivity index (χ4v) is 10.7. The summed E-state index contributed by atoms with van der Waals surface area (Å²) >= 11 is 6.65. The van der Waals surface area contributed by atoms with Gasteiger partial charge in [0.25, 0.3) is 0 Å². The molecule has 1 amide bonds. The Morgan fingerprint density at radius 1 is 0.611 bits per heavy atom. The maximum absolute atomic E-state index is 13.6. The molecule has 0 radical (unpaired) electrons. The van der Waals surface area contributed by atoms with Gasteiger partial charge in [-0.1, -0.05) is 57.8 Å². The number of carbonyl (C=O) groups is 1. The Bertz CT molecular complexity index is 504. The third kappa shape index (κ3) is 11.7. The molecule has 36 heavy (non-hydrogen) atoms. The number of carbonyl (C=O) groups excluding carboxylic acids is 1. The van der Waals surface area contributed by atoms with E-state index in [1.807, 2.05) is 0 Å². The summed E-state index contributed by atoms with van der Waals surface area (Å²) in [6, 6.07) is 0. The topological polar surface area (TPSA) is 29.1 Å². The first-order valence-electron chi connectivity index (χ1n) is 15.8. The molecule has 1 N–H and O–H groups in total. The van der Waals surface area contributed by atoms with Crippen molar-refractivity contribution in [2.75, 3.05) is 23.8 Å². The fraction of sp³-hybridized carbons (Fsp3) is 0.968. The first kappa shape index (κ1) is 31.1. The standard InChI is InChI=1S/C31H57NOS3/c1-2-32-30(33)31(21-12-24-34-27-15-6-3-7-16-27,22-13-25-35-28-17-8-4-9-18-28)23-14-26-36-29-19-10-5-11-20-29/h27-29H,2-26H2,1H3,(H,32,33). The molecule has 0 spiro atoms. The van der Waals surface area contributed by atoms with Crippen LogP contribution in [-0.2, 0) is 4.79 Å². The highest BCUT2D eigenvalue weighted by atomic mass is 32.2. The number of thioether (sulfide) groups is 3. The van der Waals surface area contributed by atoms with Gasteiger partial charge in [0.2, 0.25) is 5.91 Å². The predicted octanol–water partition coefficient (Wildman–Crippen LogP) is 9.65. The van der Waals surface area contributed by atoms with Crippen LogP contribution < -0.4 is 5.32 Å². The average Bonchev–Trinajstić information content (AvgIpc) is 2.93. The summed E-state index contributed by atoms with van der Waals surface area (Å²) in [6.07, 6.45) is 28.3. The molecule has 0 aromatic heterocycles. The lowest BCUT2D eigenvalue weighted by Gasteiger charge is -2.34. The van der Waals surface area contributed by atoms with Gasteiger partial charge in [-0.25, -0.2) is 0 Å². The van der Waals surface area contributed by atoms with E-state index in [0.717, 1.165) is 41.6 Å². The predicted molar refractivity (Wildman–Crippen MR) is 167 cm³/mol. The summed E-state index contributed by atoms with van der Waals surface area (Å²) in [6.45, 7) is 2.87. The summed E-state index contributed by atoms with van der Waals surface area (Å²) in [5.74, 6) is 4.12. The third-order valence-corrected chi connectivity index (χ3v) is 13.3. The van der Waals surface area contributed by atoms with Gasteiger partial charge in [0.15, 0.2) is 0 Å². The Morgan fingerprint density at radius 3 is 1.25 bits per heavy atom. The largest absolute Gasteiger partial charge is 0.356 e. The van der Waals surface area contributed by atoms with Crippen LogP contribution in [0.5, 0.6) is 0 Å². The van der Waals surface area contributed by atoms with Crippen molar-refractivity contribution in [3.8, 4) is 0 Å². The SMILES string of the molecule is CCNC(=O)C(CCCSC1CCCCC1)(CCCSC1CCCCC1)CCCSC1CCCCC1. The average molecular weight is 556 g/mol. The lowest BCUT2D eigenvalue weighted by Crippen LogP contribution is -2.41. The van der Waals surface area contributed by atoms with Crippen molar-refractivity contribution in [1.82, 2.24) is 5.32 Å². The zero-order chi connectivity index (χ0) is 25.3. The second-order valence-corrected chi connectivity index (χ2v) is 16.1. The van der Waals surface area contributed by atoms with E-state index in [-0.39, 0.29) is 5.41 Å². The molecule has 3 fully saturated rings. The van der Waals surface area contributed by atoms with E-state index in [2.05, 4.69) is 47.5 Å². The molecule has 0 heterocycles. The highest BCUT2D eigenvalue weighted by Gasteiger charge is 2.36. The Hall–Kier alpha value is 0.520. The van der Waals surface area contributed by atoms with Crippen molar-refractivity contribution in [2.45, 2.75) is 158 Å². The number of rotatable bonds is 17. The van der Waals surface area contributed by atoms with E-state index < -0.39 is 0 Å². The van der Waals surface area contributed by atoms with Gasteiger partial charge in [-0.3, -0.25) is 4.79 Å². The molecule has 0 atom stereocenters. The number of hydrogen-bond donors (Lipinski definition) is 1. The van der Waals surface area contributed by atoms with Crippen LogP contribution in [0.25, 0.3) is 0 Å². The lowest BCUT2D eigenvalue weighted by atomic mass is 9.74. The molecule has 3 aliphatic rings. The molecule has 0 bridgehead atoms. The van der Waals surface area contributed by atoms with E-state index in [9.17, 15) is 4.79 Å². The second kappa shape index (κ2) is 18.7. The fourth-order valence-electron chi connectivity index (χ4n) is 6.74. The Morgan fingerprint density at radius 2 is 0.944 bits per heavy atom. The van der Waals surface area contributed by atoms with E-state index in [1.165, 1.54) is 133 Å². The zero-order valence-electron chi connectivity index (χ0n) is 23.5. The minimum atomic E-state index is -0.136. The van der Waals surface area contributed by atoms with E-state index in [1.54, 1.807) is 0 Å². The van der Waals surface area contributed by atoms with E-state index in [0.29, 0.717) is 5.91 Å². The molecule has 2 nitrogen and oxygen atoms in total. The Labute approximate surface area is 237 Å². The summed E-state index contributed by atoms with van der Waals surface area (Å²) in [5.41, 5.74) is -0.136. The Balaban J connectivity index is 1.51. The van der Waals surface area contributed by atoms with Crippen molar-refractivity contribution in [1.29, 1.82) is 0 Å². The van der Waals surface area contributed by atoms with Crippen LogP contribution in [0.1, 0.15) is 142 Å². The minimum absolute atomic E-state index is 0.136. The first-order valence-corrected chi connectivity index (χ1v) is 19.0. The zero-order valence-corrected chi connectivity index (χ0v) is 26.0. The van der Waals surface area contributed by atoms with Crippen LogP contribution in [0.2, 0.25) is 0 Å². The van der Waals surface area contributed by atoms with Crippen LogP contribution in [0, 0.1) is 5.41 Å². The van der Waals surface area contributed by atoms with Gasteiger partial charge < -0.3 is 5.32 Å². The molecule has 0 unspecified atom stereocenters. The van der Waals surface area contributed by atoms with Crippen molar-refractivity contribution < 1.29 is 4.79 Å². The van der Waals surface area contributed by atoms with Crippen LogP contribution in [0.15, 0.2) is 0 Å². The number of hydrogen-bond acceptors (Lipinski definition) is 4. The first-order chi connectivity index (χ1) is 17.7. The van der Waals surface area contributed by atoms with Gasteiger partial charge in [-0.05, 0) is 101 Å². The van der Waals surface area contributed by atoms with Gasteiger partial charge in [0.1, 0.15) is 0 Å². The summed E-state index contributed by atoms with van der Waals surface area (Å²) in [5, 5.41) is 5.95. The normalized spacial score (nSPS) is 21.0. The number of amides is 1. The van der Waals surface area contributed by atoms with E-state index in [4.69, 9.17) is 0 Å². The van der Waals surface area contributed by atoms with Gasteiger partial charge >= 0.3 is 0 Å². The molecular weight excluding hydrogens is 499 g/mol. The Kier molecular flexibility index (Phi) is 16.2. The third-order valence-electron chi connectivity index (χ3n) is 8.94. The molecule has 3 rings (SSSR count). The maximum Gasteiger partial charge on any atom is 0.226 e. The minimum Gasteiger partial charge on any atom is -0.356 e. The van der Waals surface area contributed by atoms with Crippen molar-refractivity contribution >= 4 is 41.2 Å². The van der Waals surface area contributed by atoms with Gasteiger partial charge in [0.05, 0.1) is 0 Å². The molecule has 210 valence electrons. The van der Waals surface area contributed by atoms with Crippen LogP contribution in [0.4, 0.5) is 0 Å². The summed E-state index contributed by atoms with van der Waals surface area (Å²) in [7, 11) is 0. The van der Waals surface area contributed by atoms with Crippen LogP contribution in [0.3, 0.4) is 0 Å². The monoisotopic (exact) mass is 555 g/mol. The molecule has 5 heteroatoms. The van der Waals surface area contributed by atoms with E-state index >= 15 is 0 Å². The number of nitrogens with one attached hydrogen (secondary N) is 1. The van der Waals surface area contributed by atoms with Crippen molar-refractivity contribution in [3.05, 3.63) is 0 Å². The maximum atomic E-state index is 13.6. The molecular formula is C31H57NOS3. The van der Waals surface area contributed by atoms with Crippen molar-refractivity contribution in [2.24, 2.45) is 5.41 Å². The quantitative estimate of drug-likeness (QED) is 0.181. The lowest BCUT2D eigenvalue weighted by molar-refractivity contribution is -0.132. The van der Waals surface area contributed by atoms with Crippen LogP contribution in [-0.4, -0.2) is 45.5 Å². The molecule has 0 aromatic rings. The molecule has 0 saturated heterocycles. The summed E-state index contributed by atoms with van der Waals surface area (Å²) < 4.78 is 0. The highest BCUT2D eigenvalue weighted by molar-refractivity contribution is 8.00. The molecule has 0 aliphatic heterocycles. The van der Waals surface area contributed by atoms with Gasteiger partial charge in [-0.2, -0.15) is 35.3 Å². The molecule has 0 aromatic carbocycles. The molecule has 3 aliphatic carbocycles. The van der Waals surface area contributed by atoms with Gasteiger partial charge in [0, 0.05) is 27.7 Å². The summed E-state index contributed by atoms with van der Waals surface area (Å²) in [4.78, 5) is 13.6.